The van der Waals surface area contributed by atoms with Gasteiger partial charge in [0.2, 0.25) is 5.91 Å². The molecule has 1 aliphatic heterocycles. The molecule has 1 atom stereocenters. The van der Waals surface area contributed by atoms with Crippen molar-refractivity contribution in [1.82, 2.24) is 34.7 Å². The SMILES string of the molecule is CC(C)(CC(=O)Nc1ccc(-c2cnc([C@@H]3CCc4cc(-c5cc(Cl)ccc5-n5cnnn5)cc(=O)n43)[nH]2)cc1)C(=O)O. The van der Waals surface area contributed by atoms with Crippen LogP contribution in [0.15, 0.2) is 71.9 Å². The Morgan fingerprint density at radius 2 is 1.91 bits per heavy atom. The first-order chi connectivity index (χ1) is 20.6. The zero-order chi connectivity index (χ0) is 30.3. The van der Waals surface area contributed by atoms with Gasteiger partial charge in [-0.2, -0.15) is 4.68 Å². The number of anilines is 1. The van der Waals surface area contributed by atoms with E-state index in [1.807, 2.05) is 24.3 Å². The molecule has 12 nitrogen and oxygen atoms in total. The molecule has 0 aliphatic carbocycles. The number of carbonyl (C=O) groups is 2. The fraction of sp³-hybridized carbons (Fsp3) is 0.233. The Hall–Kier alpha value is -5.10. The van der Waals surface area contributed by atoms with Crippen LogP contribution in [0.3, 0.4) is 0 Å². The molecule has 218 valence electrons. The predicted molar refractivity (Wildman–Crippen MR) is 159 cm³/mol. The van der Waals surface area contributed by atoms with Gasteiger partial charge >= 0.3 is 5.97 Å². The molecule has 3 aromatic heterocycles. The first-order valence-corrected chi connectivity index (χ1v) is 13.9. The zero-order valence-corrected chi connectivity index (χ0v) is 24.0. The third-order valence-electron chi connectivity index (χ3n) is 7.57. The summed E-state index contributed by atoms with van der Waals surface area (Å²) < 4.78 is 3.30. The molecule has 1 aliphatic rings. The van der Waals surface area contributed by atoms with Crippen molar-refractivity contribution in [3.05, 3.63) is 94.0 Å². The highest BCUT2D eigenvalue weighted by atomic mass is 35.5. The van der Waals surface area contributed by atoms with E-state index in [4.69, 9.17) is 11.6 Å². The van der Waals surface area contributed by atoms with Gasteiger partial charge in [-0.05, 0) is 84.6 Å². The number of carbonyl (C=O) groups excluding carboxylic acids is 1. The molecule has 4 heterocycles. The Labute approximate surface area is 250 Å². The van der Waals surface area contributed by atoms with Gasteiger partial charge in [0.25, 0.3) is 5.56 Å². The molecule has 0 spiro atoms. The number of carboxylic acid groups (broad SMARTS) is 1. The number of aliphatic carboxylic acids is 1. The summed E-state index contributed by atoms with van der Waals surface area (Å²) in [5.41, 5.74) is 3.93. The highest BCUT2D eigenvalue weighted by Crippen LogP contribution is 2.34. The summed E-state index contributed by atoms with van der Waals surface area (Å²) >= 11 is 6.31. The number of aromatic nitrogens is 7. The van der Waals surface area contributed by atoms with Crippen molar-refractivity contribution in [2.75, 3.05) is 5.32 Å². The number of rotatable bonds is 8. The van der Waals surface area contributed by atoms with E-state index in [1.54, 1.807) is 41.1 Å². The van der Waals surface area contributed by atoms with Crippen LogP contribution in [0.5, 0.6) is 0 Å². The average molecular weight is 599 g/mol. The molecule has 6 rings (SSSR count). The van der Waals surface area contributed by atoms with Gasteiger partial charge in [-0.15, -0.1) is 5.10 Å². The van der Waals surface area contributed by atoms with Crippen LogP contribution in [-0.2, 0) is 16.0 Å². The number of tetrazole rings is 1. The number of amides is 1. The summed E-state index contributed by atoms with van der Waals surface area (Å²) in [5, 5.41) is 24.0. The van der Waals surface area contributed by atoms with Gasteiger partial charge in [-0.1, -0.05) is 23.7 Å². The molecule has 0 unspecified atom stereocenters. The number of H-pyrrole nitrogens is 1. The van der Waals surface area contributed by atoms with Gasteiger partial charge in [0.1, 0.15) is 12.2 Å². The molecule has 5 aromatic rings. The van der Waals surface area contributed by atoms with Crippen molar-refractivity contribution < 1.29 is 14.7 Å². The topological polar surface area (TPSA) is 161 Å². The summed E-state index contributed by atoms with van der Waals surface area (Å²) in [4.78, 5) is 45.1. The minimum Gasteiger partial charge on any atom is -0.481 e. The highest BCUT2D eigenvalue weighted by molar-refractivity contribution is 6.31. The maximum absolute atomic E-state index is 13.5. The molecule has 13 heteroatoms. The van der Waals surface area contributed by atoms with Gasteiger partial charge in [0, 0.05) is 34.5 Å². The number of hydrogen-bond donors (Lipinski definition) is 3. The standard InChI is InChI=1S/C30H27ClN8O4/c1-30(2,29(42)43)14-26(40)34-20-6-3-17(4-7-20)23-15-32-28(35-23)25-10-8-21-11-18(12-27(41)39(21)25)22-13-19(31)5-9-24(22)38-16-33-36-37-38/h3-7,9,11-13,15-16,25H,8,10,14H2,1-2H3,(H,32,35)(H,34,40)(H,42,43)/t25-/m0/s1. The number of hydrogen-bond acceptors (Lipinski definition) is 7. The fourth-order valence-electron chi connectivity index (χ4n) is 5.29. The van der Waals surface area contributed by atoms with Crippen molar-refractivity contribution >= 4 is 29.2 Å². The molecule has 0 saturated heterocycles. The zero-order valence-electron chi connectivity index (χ0n) is 23.3. The molecule has 1 amide bonds. The lowest BCUT2D eigenvalue weighted by Crippen LogP contribution is -2.29. The number of nitrogens with one attached hydrogen (secondary N) is 2. The Morgan fingerprint density at radius 1 is 1.12 bits per heavy atom. The Balaban J connectivity index is 1.22. The minimum absolute atomic E-state index is 0.142. The summed E-state index contributed by atoms with van der Waals surface area (Å²) in [7, 11) is 0. The lowest BCUT2D eigenvalue weighted by Gasteiger charge is -2.18. The monoisotopic (exact) mass is 598 g/mol. The van der Waals surface area contributed by atoms with E-state index in [-0.39, 0.29) is 23.9 Å². The van der Waals surface area contributed by atoms with Crippen molar-refractivity contribution in [3.63, 3.8) is 0 Å². The minimum atomic E-state index is -1.16. The summed E-state index contributed by atoms with van der Waals surface area (Å²) in [6.07, 6.45) is 4.47. The molecular formula is C30H27ClN8O4. The van der Waals surface area contributed by atoms with E-state index in [1.165, 1.54) is 24.9 Å². The smallest absolute Gasteiger partial charge is 0.309 e. The van der Waals surface area contributed by atoms with E-state index >= 15 is 0 Å². The van der Waals surface area contributed by atoms with Crippen molar-refractivity contribution in [1.29, 1.82) is 0 Å². The fourth-order valence-corrected chi connectivity index (χ4v) is 5.46. The number of fused-ring (bicyclic) bond motifs is 1. The molecular weight excluding hydrogens is 572 g/mol. The van der Waals surface area contributed by atoms with Crippen molar-refractivity contribution in [2.45, 2.75) is 39.2 Å². The van der Waals surface area contributed by atoms with Crippen LogP contribution in [0.2, 0.25) is 5.02 Å². The van der Waals surface area contributed by atoms with Crippen LogP contribution in [0.25, 0.3) is 28.1 Å². The number of benzene rings is 2. The molecule has 0 bridgehead atoms. The molecule has 0 radical (unpaired) electrons. The van der Waals surface area contributed by atoms with E-state index in [9.17, 15) is 19.5 Å². The van der Waals surface area contributed by atoms with Gasteiger partial charge in [-0.25, -0.2) is 4.98 Å². The predicted octanol–water partition coefficient (Wildman–Crippen LogP) is 4.51. The van der Waals surface area contributed by atoms with E-state index in [0.29, 0.717) is 35.1 Å². The number of aryl methyl sites for hydroxylation is 1. The largest absolute Gasteiger partial charge is 0.481 e. The lowest BCUT2D eigenvalue weighted by molar-refractivity contribution is -0.148. The van der Waals surface area contributed by atoms with Crippen molar-refractivity contribution in [2.24, 2.45) is 5.41 Å². The molecule has 0 fully saturated rings. The lowest BCUT2D eigenvalue weighted by atomic mass is 9.89. The van der Waals surface area contributed by atoms with Crippen LogP contribution in [0, 0.1) is 5.41 Å². The number of halogens is 1. The van der Waals surface area contributed by atoms with E-state index in [0.717, 1.165) is 28.1 Å². The van der Waals surface area contributed by atoms with Crippen molar-refractivity contribution in [3.8, 4) is 28.1 Å². The number of imidazole rings is 1. The third-order valence-corrected chi connectivity index (χ3v) is 7.81. The Morgan fingerprint density at radius 3 is 2.63 bits per heavy atom. The van der Waals surface area contributed by atoms with Crippen LogP contribution in [0.1, 0.15) is 44.2 Å². The normalized spacial score (nSPS) is 14.4. The molecule has 0 saturated carbocycles. The third kappa shape index (κ3) is 5.56. The number of aromatic amines is 1. The second-order valence-electron chi connectivity index (χ2n) is 11.1. The molecule has 3 N–H and O–H groups in total. The summed E-state index contributed by atoms with van der Waals surface area (Å²) in [5.74, 6) is -0.731. The highest BCUT2D eigenvalue weighted by Gasteiger charge is 2.30. The maximum atomic E-state index is 13.5. The Bertz CT molecular complexity index is 1890. The van der Waals surface area contributed by atoms with E-state index < -0.39 is 11.4 Å². The maximum Gasteiger partial charge on any atom is 0.309 e. The number of pyridine rings is 1. The van der Waals surface area contributed by atoms with Gasteiger partial charge in [0.15, 0.2) is 0 Å². The summed E-state index contributed by atoms with van der Waals surface area (Å²) in [6, 6.07) is 15.9. The van der Waals surface area contributed by atoms with Crippen LogP contribution in [0.4, 0.5) is 5.69 Å². The molecule has 43 heavy (non-hydrogen) atoms. The quantitative estimate of drug-likeness (QED) is 0.235. The number of nitrogens with zero attached hydrogens (tertiary/aromatic N) is 6. The van der Waals surface area contributed by atoms with Gasteiger partial charge < -0.3 is 20.0 Å². The van der Waals surface area contributed by atoms with Gasteiger partial charge in [0.05, 0.1) is 29.0 Å². The van der Waals surface area contributed by atoms with Crippen LogP contribution < -0.4 is 10.9 Å². The first-order valence-electron chi connectivity index (χ1n) is 13.6. The Kier molecular flexibility index (Phi) is 7.14. The second-order valence-corrected chi connectivity index (χ2v) is 11.5. The number of carboxylic acids is 1. The van der Waals surface area contributed by atoms with Crippen LogP contribution in [-0.4, -0.2) is 51.7 Å². The second kappa shape index (κ2) is 11.0. The van der Waals surface area contributed by atoms with E-state index in [2.05, 4.69) is 30.8 Å². The summed E-state index contributed by atoms with van der Waals surface area (Å²) in [6.45, 7) is 3.02. The average Bonchev–Trinajstić information content (AvgIpc) is 3.74. The van der Waals surface area contributed by atoms with Gasteiger partial charge in [-0.3, -0.25) is 14.4 Å². The molecule has 2 aromatic carbocycles. The van der Waals surface area contributed by atoms with Crippen LogP contribution >= 0.6 is 11.6 Å². The first kappa shape index (κ1) is 28.0.